The van der Waals surface area contributed by atoms with E-state index in [0.717, 1.165) is 49.4 Å². The number of likely N-dealkylation sites (N-methyl/N-ethyl adjacent to an activating group) is 1. The molecule has 0 bridgehead atoms. The number of amides is 1. The number of nitrogens with one attached hydrogen (secondary N) is 1. The lowest BCUT2D eigenvalue weighted by atomic mass is 9.50. The van der Waals surface area contributed by atoms with Gasteiger partial charge in [-0.15, -0.1) is 0 Å². The average Bonchev–Trinajstić information content (AvgIpc) is 2.90. The molecule has 2 heterocycles. The standard InChI is InChI=1S/C23H28BClN4O/c1-16-14-18-15-20(29-12-10-28(3)11-13-29)8-9-21(18)22(27-24(16)23(30)26-2)17-4-6-19(25)7-5-17/h4-9,15-16H,10-14H2,1-3H3,(H,26,30). The van der Waals surface area contributed by atoms with Crippen LogP contribution >= 0.6 is 11.6 Å². The topological polar surface area (TPSA) is 47.9 Å². The van der Waals surface area contributed by atoms with Gasteiger partial charge in [0, 0.05) is 49.5 Å². The number of nitrogens with zero attached hydrogens (tertiary/aromatic N) is 3. The van der Waals surface area contributed by atoms with E-state index in [0.29, 0.717) is 5.02 Å². The molecule has 0 aliphatic carbocycles. The van der Waals surface area contributed by atoms with Gasteiger partial charge >= 0.3 is 6.85 Å². The molecule has 1 unspecified atom stereocenters. The van der Waals surface area contributed by atoms with Crippen molar-refractivity contribution in [3.05, 3.63) is 64.2 Å². The molecular formula is C23H28BClN4O. The van der Waals surface area contributed by atoms with Crippen molar-refractivity contribution in [2.45, 2.75) is 19.2 Å². The van der Waals surface area contributed by atoms with Crippen molar-refractivity contribution in [3.8, 4) is 0 Å². The van der Waals surface area contributed by atoms with Gasteiger partial charge in [-0.05, 0) is 54.7 Å². The summed E-state index contributed by atoms with van der Waals surface area (Å²) in [5.74, 6) is 0.0669. The lowest BCUT2D eigenvalue weighted by molar-refractivity contribution is 0.260. The second kappa shape index (κ2) is 8.82. The van der Waals surface area contributed by atoms with Crippen LogP contribution in [0.25, 0.3) is 0 Å². The Morgan fingerprint density at radius 1 is 1.13 bits per heavy atom. The predicted octanol–water partition coefficient (Wildman–Crippen LogP) is 3.79. The first-order valence-corrected chi connectivity index (χ1v) is 11.0. The maximum atomic E-state index is 12.6. The molecule has 5 nitrogen and oxygen atoms in total. The summed E-state index contributed by atoms with van der Waals surface area (Å²) in [7, 11) is 3.85. The summed E-state index contributed by atoms with van der Waals surface area (Å²) in [5, 5.41) is 3.48. The zero-order chi connectivity index (χ0) is 21.3. The number of carbonyl (C=O) groups is 1. The first-order chi connectivity index (χ1) is 14.5. The molecule has 156 valence electrons. The molecular weight excluding hydrogens is 395 g/mol. The molecule has 1 atom stereocenters. The van der Waals surface area contributed by atoms with E-state index in [-0.39, 0.29) is 11.6 Å². The lowest BCUT2D eigenvalue weighted by Gasteiger charge is -2.34. The number of piperazine rings is 1. The number of hydrogen-bond acceptors (Lipinski definition) is 4. The highest BCUT2D eigenvalue weighted by molar-refractivity contribution is 6.90. The van der Waals surface area contributed by atoms with Crippen molar-refractivity contribution in [2.24, 2.45) is 4.90 Å². The maximum absolute atomic E-state index is 12.6. The van der Waals surface area contributed by atoms with Crippen LogP contribution in [-0.2, 0) is 6.42 Å². The van der Waals surface area contributed by atoms with E-state index in [1.54, 1.807) is 7.05 Å². The molecule has 2 aromatic rings. The minimum atomic E-state index is -0.417. The van der Waals surface area contributed by atoms with Gasteiger partial charge in [0.05, 0.1) is 5.71 Å². The van der Waals surface area contributed by atoms with Crippen LogP contribution in [0, 0.1) is 0 Å². The van der Waals surface area contributed by atoms with Gasteiger partial charge in [0.2, 0.25) is 5.81 Å². The molecule has 2 aliphatic rings. The Morgan fingerprint density at radius 3 is 2.50 bits per heavy atom. The van der Waals surface area contributed by atoms with Crippen molar-refractivity contribution in [1.82, 2.24) is 10.2 Å². The minimum Gasteiger partial charge on any atom is -0.369 e. The summed E-state index contributed by atoms with van der Waals surface area (Å²) < 4.78 is 0. The van der Waals surface area contributed by atoms with Gasteiger partial charge in [-0.2, -0.15) is 0 Å². The Bertz CT molecular complexity index is 954. The van der Waals surface area contributed by atoms with E-state index in [4.69, 9.17) is 16.5 Å². The molecule has 1 amide bonds. The Kier molecular flexibility index (Phi) is 6.16. The van der Waals surface area contributed by atoms with Crippen LogP contribution in [0.1, 0.15) is 23.6 Å². The second-order valence-corrected chi connectivity index (χ2v) is 8.79. The fourth-order valence-corrected chi connectivity index (χ4v) is 4.46. The monoisotopic (exact) mass is 422 g/mol. The fraction of sp³-hybridized carbons (Fsp3) is 0.391. The van der Waals surface area contributed by atoms with Gasteiger partial charge in [-0.1, -0.05) is 36.7 Å². The summed E-state index contributed by atoms with van der Waals surface area (Å²) in [6.07, 6.45) is 0.815. The molecule has 1 fully saturated rings. The van der Waals surface area contributed by atoms with E-state index >= 15 is 0 Å². The Hall–Kier alpha value is -2.31. The molecule has 2 aromatic carbocycles. The molecule has 1 N–H and O–H groups in total. The summed E-state index contributed by atoms with van der Waals surface area (Å²) in [6.45, 7) is 5.90. The van der Waals surface area contributed by atoms with E-state index in [2.05, 4.69) is 47.3 Å². The van der Waals surface area contributed by atoms with Gasteiger partial charge in [-0.25, -0.2) is 0 Å². The zero-order valence-corrected chi connectivity index (χ0v) is 18.6. The van der Waals surface area contributed by atoms with E-state index < -0.39 is 6.85 Å². The first-order valence-electron chi connectivity index (χ1n) is 10.6. The van der Waals surface area contributed by atoms with Crippen molar-refractivity contribution >= 4 is 35.7 Å². The van der Waals surface area contributed by atoms with Crippen LogP contribution in [0.3, 0.4) is 0 Å². The zero-order valence-electron chi connectivity index (χ0n) is 17.9. The molecule has 0 saturated carbocycles. The summed E-state index contributed by atoms with van der Waals surface area (Å²) in [4.78, 5) is 22.4. The van der Waals surface area contributed by atoms with E-state index in [1.165, 1.54) is 11.3 Å². The average molecular weight is 423 g/mol. The van der Waals surface area contributed by atoms with Gasteiger partial charge < -0.3 is 20.0 Å². The van der Waals surface area contributed by atoms with Crippen LogP contribution in [-0.4, -0.2) is 63.5 Å². The molecule has 0 radical (unpaired) electrons. The predicted molar refractivity (Wildman–Crippen MR) is 127 cm³/mol. The number of halogens is 1. The normalized spacial score (nSPS) is 19.7. The van der Waals surface area contributed by atoms with Crippen LogP contribution in [0.15, 0.2) is 47.4 Å². The highest BCUT2D eigenvalue weighted by Gasteiger charge is 2.34. The summed E-state index contributed by atoms with van der Waals surface area (Å²) >= 11 is 6.11. The molecule has 0 spiro atoms. The number of anilines is 1. The summed E-state index contributed by atoms with van der Waals surface area (Å²) in [6, 6.07) is 14.4. The van der Waals surface area contributed by atoms with Gasteiger partial charge in [-0.3, -0.25) is 4.79 Å². The molecule has 0 aromatic heterocycles. The molecule has 2 aliphatic heterocycles. The maximum Gasteiger partial charge on any atom is 0.385 e. The number of rotatable bonds is 3. The number of hydrogen-bond donors (Lipinski definition) is 1. The third-order valence-corrected chi connectivity index (χ3v) is 6.45. The van der Waals surface area contributed by atoms with Crippen LogP contribution in [0.5, 0.6) is 0 Å². The highest BCUT2D eigenvalue weighted by Crippen LogP contribution is 2.31. The molecule has 4 rings (SSSR count). The van der Waals surface area contributed by atoms with Gasteiger partial charge in [0.15, 0.2) is 0 Å². The van der Waals surface area contributed by atoms with Crippen molar-refractivity contribution in [1.29, 1.82) is 0 Å². The summed E-state index contributed by atoms with van der Waals surface area (Å²) in [5.41, 5.74) is 5.45. The Labute approximate surface area is 184 Å². The second-order valence-electron chi connectivity index (χ2n) is 8.36. The SMILES string of the molecule is CNC(=O)B1N=C(c2ccc(Cl)cc2)c2ccc(N3CCN(C)CC3)cc2CC1C. The van der Waals surface area contributed by atoms with Crippen molar-refractivity contribution < 1.29 is 4.79 Å². The van der Waals surface area contributed by atoms with Crippen molar-refractivity contribution in [2.75, 3.05) is 45.2 Å². The van der Waals surface area contributed by atoms with Crippen LogP contribution in [0.2, 0.25) is 10.8 Å². The smallest absolute Gasteiger partial charge is 0.369 e. The quantitative estimate of drug-likeness (QED) is 0.766. The number of benzene rings is 2. The van der Waals surface area contributed by atoms with E-state index in [9.17, 15) is 4.79 Å². The van der Waals surface area contributed by atoms with Gasteiger partial charge in [0.1, 0.15) is 0 Å². The highest BCUT2D eigenvalue weighted by atomic mass is 35.5. The minimum absolute atomic E-state index is 0.0407. The lowest BCUT2D eigenvalue weighted by Crippen LogP contribution is -2.44. The van der Waals surface area contributed by atoms with E-state index in [1.807, 2.05) is 24.3 Å². The van der Waals surface area contributed by atoms with Crippen molar-refractivity contribution in [3.63, 3.8) is 0 Å². The number of carbonyl (C=O) groups excluding carboxylic acids is 1. The fourth-order valence-electron chi connectivity index (χ4n) is 4.34. The Balaban J connectivity index is 1.77. The third-order valence-electron chi connectivity index (χ3n) is 6.19. The third kappa shape index (κ3) is 4.25. The molecule has 1 saturated heterocycles. The molecule has 7 heteroatoms. The molecule has 30 heavy (non-hydrogen) atoms. The van der Waals surface area contributed by atoms with Crippen LogP contribution in [0.4, 0.5) is 10.5 Å². The Morgan fingerprint density at radius 2 is 1.83 bits per heavy atom. The van der Waals surface area contributed by atoms with Gasteiger partial charge in [0.25, 0.3) is 0 Å². The van der Waals surface area contributed by atoms with Crippen LogP contribution < -0.4 is 10.2 Å². The first kappa shape index (κ1) is 20.9. The largest absolute Gasteiger partial charge is 0.385 e. The number of fused-ring (bicyclic) bond motifs is 1.